The summed E-state index contributed by atoms with van der Waals surface area (Å²) in [5, 5.41) is 22.1. The molecule has 1 atom stereocenters. The van der Waals surface area contributed by atoms with Gasteiger partial charge in [-0.15, -0.1) is 0 Å². The zero-order valence-corrected chi connectivity index (χ0v) is 22.5. The molecule has 202 valence electrons. The quantitative estimate of drug-likeness (QED) is 0.392. The van der Waals surface area contributed by atoms with Crippen LogP contribution in [0.1, 0.15) is 51.9 Å². The molecule has 1 fully saturated rings. The molecular weight excluding hydrogens is 500 g/mol. The number of fused-ring (bicyclic) bond motifs is 1. The Kier molecular flexibility index (Phi) is 6.93. The van der Waals surface area contributed by atoms with Crippen LogP contribution in [-0.2, 0) is 9.47 Å². The largest absolute Gasteiger partial charge is 0.444 e. The average molecular weight is 531 g/mol. The van der Waals surface area contributed by atoms with Crippen LogP contribution in [0.4, 0.5) is 10.5 Å². The van der Waals surface area contributed by atoms with Gasteiger partial charge in [0.2, 0.25) is 0 Å². The summed E-state index contributed by atoms with van der Waals surface area (Å²) in [5.74, 6) is 1.04. The Morgan fingerprint density at radius 1 is 1.21 bits per heavy atom. The van der Waals surface area contributed by atoms with Gasteiger partial charge in [0.1, 0.15) is 23.4 Å². The van der Waals surface area contributed by atoms with Gasteiger partial charge in [0, 0.05) is 42.5 Å². The standard InChI is InChI=1S/C27H30N8O4/c1-16(2)32-20-10-24(35-25-18(13-31-35)8-17(11-28)12-30-25)29-14-19(20)23-9-21(33-39-23)22-15-37-7-6-34(22)26(36)38-27(3,4)5/h8-10,12-14,16,22H,6-7,15H2,1-5H3,(H,29,32). The van der Waals surface area contributed by atoms with E-state index < -0.39 is 17.7 Å². The minimum absolute atomic E-state index is 0.112. The second-order valence-electron chi connectivity index (χ2n) is 10.6. The number of ether oxygens (including phenoxy) is 2. The number of nitrogens with one attached hydrogen (secondary N) is 1. The molecule has 1 N–H and O–H groups in total. The maximum absolute atomic E-state index is 12.9. The van der Waals surface area contributed by atoms with E-state index >= 15 is 0 Å². The Labute approximate surface area is 225 Å². The van der Waals surface area contributed by atoms with Gasteiger partial charge in [-0.25, -0.2) is 14.8 Å². The maximum Gasteiger partial charge on any atom is 0.411 e. The molecule has 1 saturated heterocycles. The maximum atomic E-state index is 12.9. The first-order chi connectivity index (χ1) is 18.6. The zero-order valence-electron chi connectivity index (χ0n) is 22.5. The van der Waals surface area contributed by atoms with Gasteiger partial charge in [-0.1, -0.05) is 5.16 Å². The van der Waals surface area contributed by atoms with Crippen LogP contribution in [0.2, 0.25) is 0 Å². The molecule has 0 spiro atoms. The van der Waals surface area contributed by atoms with Crippen molar-refractivity contribution in [3.63, 3.8) is 0 Å². The van der Waals surface area contributed by atoms with E-state index in [0.29, 0.717) is 47.2 Å². The monoisotopic (exact) mass is 530 g/mol. The first-order valence-electron chi connectivity index (χ1n) is 12.7. The van der Waals surface area contributed by atoms with Gasteiger partial charge in [-0.05, 0) is 40.7 Å². The van der Waals surface area contributed by atoms with Gasteiger partial charge >= 0.3 is 6.09 Å². The highest BCUT2D eigenvalue weighted by molar-refractivity contribution is 5.79. The SMILES string of the molecule is CC(C)Nc1cc(-n2ncc3cc(C#N)cnc32)ncc1-c1cc(C2COCCN2C(=O)OC(C)(C)C)no1. The molecule has 12 heteroatoms. The molecule has 0 radical (unpaired) electrons. The first-order valence-corrected chi connectivity index (χ1v) is 12.7. The van der Waals surface area contributed by atoms with Crippen LogP contribution in [0.5, 0.6) is 0 Å². The molecule has 1 amide bonds. The molecular formula is C27H30N8O4. The van der Waals surface area contributed by atoms with E-state index in [-0.39, 0.29) is 12.6 Å². The summed E-state index contributed by atoms with van der Waals surface area (Å²) in [6.07, 6.45) is 4.42. The Balaban J connectivity index is 1.48. The van der Waals surface area contributed by atoms with Gasteiger partial charge in [-0.3, -0.25) is 4.90 Å². The minimum Gasteiger partial charge on any atom is -0.444 e. The number of pyridine rings is 2. The number of carbonyl (C=O) groups excluding carboxylic acids is 1. The smallest absolute Gasteiger partial charge is 0.411 e. The summed E-state index contributed by atoms with van der Waals surface area (Å²) < 4.78 is 18.6. The van der Waals surface area contributed by atoms with E-state index in [4.69, 9.17) is 19.3 Å². The van der Waals surface area contributed by atoms with Crippen molar-refractivity contribution in [2.24, 2.45) is 0 Å². The molecule has 0 aromatic carbocycles. The average Bonchev–Trinajstić information content (AvgIpc) is 3.54. The summed E-state index contributed by atoms with van der Waals surface area (Å²) in [6, 6.07) is 7.15. The molecule has 5 rings (SSSR count). The van der Waals surface area contributed by atoms with Crippen molar-refractivity contribution in [1.82, 2.24) is 29.8 Å². The van der Waals surface area contributed by atoms with Crippen LogP contribution < -0.4 is 5.32 Å². The zero-order chi connectivity index (χ0) is 27.7. The molecule has 0 saturated carbocycles. The number of hydrogen-bond donors (Lipinski definition) is 1. The van der Waals surface area contributed by atoms with Crippen molar-refractivity contribution in [3.8, 4) is 23.2 Å². The van der Waals surface area contributed by atoms with Crippen molar-refractivity contribution >= 4 is 22.8 Å². The van der Waals surface area contributed by atoms with E-state index in [1.54, 1.807) is 34.1 Å². The van der Waals surface area contributed by atoms with Crippen LogP contribution in [0.15, 0.2) is 41.3 Å². The Hall–Kier alpha value is -4.50. The minimum atomic E-state index is -0.618. The fourth-order valence-electron chi connectivity index (χ4n) is 4.30. The lowest BCUT2D eigenvalue weighted by Gasteiger charge is -2.35. The third-order valence-corrected chi connectivity index (χ3v) is 5.98. The summed E-state index contributed by atoms with van der Waals surface area (Å²) >= 11 is 0. The van der Waals surface area contributed by atoms with Crippen molar-refractivity contribution in [2.75, 3.05) is 25.1 Å². The van der Waals surface area contributed by atoms with Crippen LogP contribution in [0.25, 0.3) is 28.2 Å². The molecule has 1 aliphatic rings. The van der Waals surface area contributed by atoms with Gasteiger partial charge in [0.05, 0.1) is 36.2 Å². The van der Waals surface area contributed by atoms with Crippen LogP contribution >= 0.6 is 0 Å². The topological polar surface area (TPSA) is 144 Å². The summed E-state index contributed by atoms with van der Waals surface area (Å²) in [7, 11) is 0. The lowest BCUT2D eigenvalue weighted by Crippen LogP contribution is -2.45. The third-order valence-electron chi connectivity index (χ3n) is 5.98. The summed E-state index contributed by atoms with van der Waals surface area (Å²) in [4.78, 5) is 23.5. The van der Waals surface area contributed by atoms with E-state index in [0.717, 1.165) is 11.1 Å². The van der Waals surface area contributed by atoms with Gasteiger partial charge in [0.25, 0.3) is 0 Å². The fraction of sp³-hybridized carbons (Fsp3) is 0.407. The number of aromatic nitrogens is 5. The number of carbonyl (C=O) groups is 1. The first kappa shape index (κ1) is 26.1. The van der Waals surface area contributed by atoms with Crippen molar-refractivity contribution in [1.29, 1.82) is 5.26 Å². The Morgan fingerprint density at radius 3 is 2.77 bits per heavy atom. The number of rotatable bonds is 5. The third kappa shape index (κ3) is 5.53. The summed E-state index contributed by atoms with van der Waals surface area (Å²) in [6.45, 7) is 10.7. The Morgan fingerprint density at radius 2 is 2.03 bits per heavy atom. The number of nitrogens with zero attached hydrogens (tertiary/aromatic N) is 7. The van der Waals surface area contributed by atoms with E-state index in [2.05, 4.69) is 31.6 Å². The van der Waals surface area contributed by atoms with Crippen molar-refractivity contribution < 1.29 is 18.8 Å². The second-order valence-corrected chi connectivity index (χ2v) is 10.6. The lowest BCUT2D eigenvalue weighted by molar-refractivity contribution is -0.0346. The number of amides is 1. The number of hydrogen-bond acceptors (Lipinski definition) is 10. The van der Waals surface area contributed by atoms with Crippen LogP contribution in [0, 0.1) is 11.3 Å². The van der Waals surface area contributed by atoms with Crippen LogP contribution in [0.3, 0.4) is 0 Å². The van der Waals surface area contributed by atoms with E-state index in [9.17, 15) is 4.79 Å². The second kappa shape index (κ2) is 10.3. The van der Waals surface area contributed by atoms with E-state index in [1.807, 2.05) is 40.7 Å². The molecule has 0 aliphatic carbocycles. The molecule has 5 heterocycles. The summed E-state index contributed by atoms with van der Waals surface area (Å²) in [5.41, 5.74) is 2.45. The molecule has 12 nitrogen and oxygen atoms in total. The fourth-order valence-corrected chi connectivity index (χ4v) is 4.30. The Bertz CT molecular complexity index is 1550. The van der Waals surface area contributed by atoms with Gasteiger partial charge < -0.3 is 19.3 Å². The van der Waals surface area contributed by atoms with Crippen molar-refractivity contribution in [2.45, 2.75) is 52.3 Å². The molecule has 0 bridgehead atoms. The molecule has 1 aliphatic heterocycles. The predicted molar refractivity (Wildman–Crippen MR) is 142 cm³/mol. The molecule has 1 unspecified atom stereocenters. The number of anilines is 1. The van der Waals surface area contributed by atoms with E-state index in [1.165, 1.54) is 6.20 Å². The number of nitriles is 1. The molecule has 39 heavy (non-hydrogen) atoms. The van der Waals surface area contributed by atoms with Gasteiger partial charge in [-0.2, -0.15) is 15.0 Å². The van der Waals surface area contributed by atoms with Crippen molar-refractivity contribution in [3.05, 3.63) is 48.0 Å². The highest BCUT2D eigenvalue weighted by Gasteiger charge is 2.34. The highest BCUT2D eigenvalue weighted by Crippen LogP contribution is 2.34. The predicted octanol–water partition coefficient (Wildman–Crippen LogP) is 4.47. The highest BCUT2D eigenvalue weighted by atomic mass is 16.6. The van der Waals surface area contributed by atoms with Crippen LogP contribution in [-0.4, -0.2) is 67.3 Å². The lowest BCUT2D eigenvalue weighted by atomic mass is 10.1. The number of morpholine rings is 1. The molecule has 4 aromatic rings. The molecule has 4 aromatic heterocycles. The van der Waals surface area contributed by atoms with Gasteiger partial charge in [0.15, 0.2) is 17.2 Å². The normalized spacial score (nSPS) is 15.9.